The fraction of sp³-hybridized carbons (Fsp3) is 0.278. The zero-order chi connectivity index (χ0) is 17.4. The van der Waals surface area contributed by atoms with Crippen LogP contribution >= 0.6 is 11.6 Å². The molecular formula is C18H16ClFN4O. The van der Waals surface area contributed by atoms with E-state index in [1.54, 1.807) is 18.3 Å². The second-order valence-electron chi connectivity index (χ2n) is 5.94. The molecule has 1 aliphatic rings. The number of aromatic nitrogens is 3. The van der Waals surface area contributed by atoms with Gasteiger partial charge in [-0.25, -0.2) is 19.3 Å². The van der Waals surface area contributed by atoms with Gasteiger partial charge in [0.25, 0.3) is 0 Å². The first kappa shape index (κ1) is 16.2. The monoisotopic (exact) mass is 358 g/mol. The van der Waals surface area contributed by atoms with Crippen LogP contribution < -0.4 is 4.90 Å². The summed E-state index contributed by atoms with van der Waals surface area (Å²) in [7, 11) is 0. The van der Waals surface area contributed by atoms with Gasteiger partial charge in [-0.3, -0.25) is 0 Å². The normalized spacial score (nSPS) is 14.9. The van der Waals surface area contributed by atoms with E-state index < -0.39 is 5.82 Å². The molecule has 0 aliphatic carbocycles. The Morgan fingerprint density at radius 3 is 2.68 bits per heavy atom. The van der Waals surface area contributed by atoms with E-state index in [0.717, 1.165) is 24.6 Å². The minimum Gasteiger partial charge on any atom is -0.378 e. The van der Waals surface area contributed by atoms with E-state index in [1.165, 1.54) is 6.07 Å². The number of morpholine rings is 1. The Kier molecular flexibility index (Phi) is 4.23. The lowest BCUT2D eigenvalue weighted by Crippen LogP contribution is -2.36. The van der Waals surface area contributed by atoms with Crippen molar-refractivity contribution in [3.05, 3.63) is 47.0 Å². The highest BCUT2D eigenvalue weighted by atomic mass is 35.5. The SMILES string of the molecule is Cc1cnc2nc(N3CCOCC3)cc(-c3ccc(Cl)cc3F)c2n1. The Morgan fingerprint density at radius 2 is 1.92 bits per heavy atom. The molecule has 1 saturated heterocycles. The van der Waals surface area contributed by atoms with Crippen LogP contribution in [0.1, 0.15) is 5.69 Å². The van der Waals surface area contributed by atoms with Crippen LogP contribution in [0.15, 0.2) is 30.5 Å². The van der Waals surface area contributed by atoms with E-state index in [4.69, 9.17) is 16.3 Å². The molecule has 0 bridgehead atoms. The quantitative estimate of drug-likeness (QED) is 0.700. The molecule has 0 saturated carbocycles. The highest BCUT2D eigenvalue weighted by Crippen LogP contribution is 2.32. The number of rotatable bonds is 2. The van der Waals surface area contributed by atoms with Crippen LogP contribution in [0.2, 0.25) is 5.02 Å². The molecule has 1 fully saturated rings. The molecule has 4 rings (SSSR count). The van der Waals surface area contributed by atoms with E-state index in [2.05, 4.69) is 19.9 Å². The molecule has 1 aliphatic heterocycles. The van der Waals surface area contributed by atoms with E-state index in [9.17, 15) is 4.39 Å². The molecule has 2 aromatic heterocycles. The maximum absolute atomic E-state index is 14.6. The highest BCUT2D eigenvalue weighted by molar-refractivity contribution is 6.30. The predicted octanol–water partition coefficient (Wildman–Crippen LogP) is 3.63. The molecule has 5 nitrogen and oxygen atoms in total. The number of pyridine rings is 1. The Bertz CT molecular complexity index is 944. The molecule has 0 N–H and O–H groups in total. The van der Waals surface area contributed by atoms with Crippen LogP contribution in [0.5, 0.6) is 0 Å². The van der Waals surface area contributed by atoms with Gasteiger partial charge in [0.1, 0.15) is 17.2 Å². The highest BCUT2D eigenvalue weighted by Gasteiger charge is 2.18. The van der Waals surface area contributed by atoms with Crippen molar-refractivity contribution in [2.75, 3.05) is 31.2 Å². The number of ether oxygens (including phenoxy) is 1. The summed E-state index contributed by atoms with van der Waals surface area (Å²) in [5, 5.41) is 0.357. The maximum atomic E-state index is 14.6. The van der Waals surface area contributed by atoms with Crippen LogP contribution in [-0.2, 0) is 4.74 Å². The molecule has 3 heterocycles. The summed E-state index contributed by atoms with van der Waals surface area (Å²) in [6.07, 6.45) is 1.67. The number of halogens is 2. The number of hydrogen-bond acceptors (Lipinski definition) is 5. The first-order valence-electron chi connectivity index (χ1n) is 8.04. The summed E-state index contributed by atoms with van der Waals surface area (Å²) in [6.45, 7) is 4.61. The van der Waals surface area contributed by atoms with Crippen molar-refractivity contribution in [1.29, 1.82) is 0 Å². The van der Waals surface area contributed by atoms with Crippen LogP contribution in [0, 0.1) is 12.7 Å². The van der Waals surface area contributed by atoms with Gasteiger partial charge >= 0.3 is 0 Å². The van der Waals surface area contributed by atoms with Crippen LogP contribution in [0.4, 0.5) is 10.2 Å². The van der Waals surface area contributed by atoms with Gasteiger partial charge in [-0.1, -0.05) is 11.6 Å². The molecule has 0 unspecified atom stereocenters. The molecule has 0 atom stereocenters. The Balaban J connectivity index is 1.94. The van der Waals surface area contributed by atoms with Crippen molar-refractivity contribution in [2.24, 2.45) is 0 Å². The number of anilines is 1. The molecule has 128 valence electrons. The summed E-state index contributed by atoms with van der Waals surface area (Å²) in [6, 6.07) is 6.51. The largest absolute Gasteiger partial charge is 0.378 e. The molecule has 1 aromatic carbocycles. The fourth-order valence-corrected chi connectivity index (χ4v) is 3.10. The Morgan fingerprint density at radius 1 is 1.12 bits per heavy atom. The topological polar surface area (TPSA) is 51.1 Å². The molecular weight excluding hydrogens is 343 g/mol. The van der Waals surface area contributed by atoms with Gasteiger partial charge in [-0.05, 0) is 31.2 Å². The van der Waals surface area contributed by atoms with Gasteiger partial charge in [-0.2, -0.15) is 0 Å². The third-order valence-electron chi connectivity index (χ3n) is 4.18. The van der Waals surface area contributed by atoms with Gasteiger partial charge in [0.05, 0.1) is 25.1 Å². The van der Waals surface area contributed by atoms with Crippen molar-refractivity contribution >= 4 is 28.6 Å². The molecule has 7 heteroatoms. The van der Waals surface area contributed by atoms with Gasteiger partial charge in [0, 0.05) is 29.2 Å². The lowest BCUT2D eigenvalue weighted by Gasteiger charge is -2.28. The van der Waals surface area contributed by atoms with Crippen molar-refractivity contribution < 1.29 is 9.13 Å². The van der Waals surface area contributed by atoms with Crippen LogP contribution in [0.25, 0.3) is 22.3 Å². The molecule has 0 spiro atoms. The maximum Gasteiger partial charge on any atom is 0.180 e. The summed E-state index contributed by atoms with van der Waals surface area (Å²) < 4.78 is 20.0. The smallest absolute Gasteiger partial charge is 0.180 e. The zero-order valence-corrected chi connectivity index (χ0v) is 14.4. The Hall–Kier alpha value is -2.31. The lowest BCUT2D eigenvalue weighted by molar-refractivity contribution is 0.122. The van der Waals surface area contributed by atoms with E-state index >= 15 is 0 Å². The standard InChI is InChI=1S/C18H16ClFN4O/c1-11-10-21-18-17(22-11)14(13-3-2-12(19)8-15(13)20)9-16(23-18)24-4-6-25-7-5-24/h2-3,8-10H,4-7H2,1H3. The van der Waals surface area contributed by atoms with Crippen molar-refractivity contribution in [3.8, 4) is 11.1 Å². The van der Waals surface area contributed by atoms with Crippen LogP contribution in [0.3, 0.4) is 0 Å². The van der Waals surface area contributed by atoms with Crippen LogP contribution in [-0.4, -0.2) is 41.3 Å². The number of hydrogen-bond donors (Lipinski definition) is 0. The third kappa shape index (κ3) is 3.15. The molecule has 3 aromatic rings. The molecule has 25 heavy (non-hydrogen) atoms. The second-order valence-corrected chi connectivity index (χ2v) is 6.37. The van der Waals surface area contributed by atoms with Gasteiger partial charge in [0.15, 0.2) is 5.65 Å². The van der Waals surface area contributed by atoms with Gasteiger partial charge < -0.3 is 9.64 Å². The number of aryl methyl sites for hydroxylation is 1. The van der Waals surface area contributed by atoms with Crippen molar-refractivity contribution in [2.45, 2.75) is 6.92 Å². The summed E-state index contributed by atoms with van der Waals surface area (Å²) >= 11 is 5.90. The van der Waals surface area contributed by atoms with E-state index in [-0.39, 0.29) is 0 Å². The first-order valence-corrected chi connectivity index (χ1v) is 8.42. The van der Waals surface area contributed by atoms with E-state index in [0.29, 0.717) is 40.5 Å². The van der Waals surface area contributed by atoms with Gasteiger partial charge in [0.2, 0.25) is 0 Å². The molecule has 0 radical (unpaired) electrons. The van der Waals surface area contributed by atoms with E-state index in [1.807, 2.05) is 13.0 Å². The second kappa shape index (κ2) is 6.54. The summed E-state index contributed by atoms with van der Waals surface area (Å²) in [5.41, 5.74) is 2.93. The number of fused-ring (bicyclic) bond motifs is 1. The number of nitrogens with zero attached hydrogens (tertiary/aromatic N) is 4. The average Bonchev–Trinajstić information content (AvgIpc) is 2.62. The predicted molar refractivity (Wildman–Crippen MR) is 95.5 cm³/mol. The minimum atomic E-state index is -0.392. The van der Waals surface area contributed by atoms with Gasteiger partial charge in [-0.15, -0.1) is 0 Å². The molecule has 0 amide bonds. The zero-order valence-electron chi connectivity index (χ0n) is 13.7. The summed E-state index contributed by atoms with van der Waals surface area (Å²) in [4.78, 5) is 15.7. The van der Waals surface area contributed by atoms with Crippen molar-refractivity contribution in [1.82, 2.24) is 15.0 Å². The summed E-state index contributed by atoms with van der Waals surface area (Å²) in [5.74, 6) is 0.356. The minimum absolute atomic E-state index is 0.357. The average molecular weight is 359 g/mol. The van der Waals surface area contributed by atoms with Crippen molar-refractivity contribution in [3.63, 3.8) is 0 Å². The number of benzene rings is 1. The lowest BCUT2D eigenvalue weighted by atomic mass is 10.0. The Labute approximate surface area is 149 Å². The third-order valence-corrected chi connectivity index (χ3v) is 4.41. The first-order chi connectivity index (χ1) is 12.1. The fourth-order valence-electron chi connectivity index (χ4n) is 2.94.